The van der Waals surface area contributed by atoms with Gasteiger partial charge in [0, 0.05) is 49.2 Å². The van der Waals surface area contributed by atoms with Crippen molar-refractivity contribution in [3.63, 3.8) is 0 Å². The van der Waals surface area contributed by atoms with Gasteiger partial charge in [-0.05, 0) is 76.5 Å². The Labute approximate surface area is 230 Å². The molecular weight excluding hydrogens is 490 g/mol. The van der Waals surface area contributed by atoms with Crippen molar-refractivity contribution >= 4 is 17.5 Å². The van der Waals surface area contributed by atoms with Crippen LogP contribution < -0.4 is 10.1 Å². The van der Waals surface area contributed by atoms with Gasteiger partial charge in [-0.25, -0.2) is 9.83 Å². The van der Waals surface area contributed by atoms with E-state index >= 15 is 0 Å². The molecule has 2 aliphatic rings. The Morgan fingerprint density at radius 1 is 1.23 bits per heavy atom. The smallest absolute Gasteiger partial charge is 0.254 e. The zero-order valence-electron chi connectivity index (χ0n) is 23.7. The second-order valence-electron chi connectivity index (χ2n) is 10.9. The van der Waals surface area contributed by atoms with Gasteiger partial charge >= 0.3 is 0 Å². The van der Waals surface area contributed by atoms with Crippen LogP contribution in [0.4, 0.5) is 11.6 Å². The molecule has 1 N–H and O–H groups in total. The summed E-state index contributed by atoms with van der Waals surface area (Å²) in [5.74, 6) is 1.33. The summed E-state index contributed by atoms with van der Waals surface area (Å²) in [6.07, 6.45) is 7.40. The van der Waals surface area contributed by atoms with Crippen molar-refractivity contribution in [2.45, 2.75) is 57.7 Å². The topological polar surface area (TPSA) is 79.9 Å². The van der Waals surface area contributed by atoms with E-state index in [2.05, 4.69) is 62.7 Å². The van der Waals surface area contributed by atoms with Crippen molar-refractivity contribution in [2.24, 2.45) is 0 Å². The average molecular weight is 528 g/mol. The lowest BCUT2D eigenvalue weighted by Gasteiger charge is -2.41. The summed E-state index contributed by atoms with van der Waals surface area (Å²) < 4.78 is 7.78. The van der Waals surface area contributed by atoms with E-state index < -0.39 is 0 Å². The molecule has 3 aromatic rings. The van der Waals surface area contributed by atoms with Gasteiger partial charge in [0.05, 0.1) is 31.5 Å². The summed E-state index contributed by atoms with van der Waals surface area (Å²) >= 11 is 0. The normalized spacial score (nSPS) is 17.1. The van der Waals surface area contributed by atoms with Gasteiger partial charge in [-0.2, -0.15) is 0 Å². The molecule has 5 rings (SSSR count). The minimum absolute atomic E-state index is 0.0255. The monoisotopic (exact) mass is 527 g/mol. The van der Waals surface area contributed by atoms with E-state index in [0.29, 0.717) is 31.1 Å². The number of ether oxygens (including phenoxy) is 1. The van der Waals surface area contributed by atoms with Gasteiger partial charge in [0.15, 0.2) is 0 Å². The fourth-order valence-corrected chi connectivity index (χ4v) is 5.74. The number of hydrogen-bond acceptors (Lipinski definition) is 6. The molecule has 1 fully saturated rings. The number of carbonyl (C=O) groups is 1. The first-order chi connectivity index (χ1) is 18.7. The van der Waals surface area contributed by atoms with Gasteiger partial charge < -0.3 is 24.4 Å². The largest absolute Gasteiger partial charge is 0.505 e. The van der Waals surface area contributed by atoms with Crippen LogP contribution in [0.3, 0.4) is 0 Å². The molecule has 0 bridgehead atoms. The van der Waals surface area contributed by atoms with Crippen LogP contribution in [-0.4, -0.2) is 64.5 Å². The zero-order chi connectivity index (χ0) is 27.9. The van der Waals surface area contributed by atoms with Crippen LogP contribution in [0.15, 0.2) is 36.8 Å². The number of rotatable bonds is 9. The molecule has 9 nitrogen and oxygen atoms in total. The maximum atomic E-state index is 14.3. The molecule has 0 saturated heterocycles. The van der Waals surface area contributed by atoms with Crippen LogP contribution >= 0.6 is 0 Å². The number of imidazole rings is 1. The summed E-state index contributed by atoms with van der Waals surface area (Å²) in [5.41, 5.74) is 5.38. The third-order valence-corrected chi connectivity index (χ3v) is 8.28. The zero-order valence-corrected chi connectivity index (χ0v) is 23.7. The highest BCUT2D eigenvalue weighted by Gasteiger charge is 2.54. The van der Waals surface area contributed by atoms with Crippen molar-refractivity contribution in [1.82, 2.24) is 24.3 Å². The molecule has 1 saturated carbocycles. The molecule has 1 aliphatic heterocycles. The molecule has 2 unspecified atom stereocenters. The summed E-state index contributed by atoms with van der Waals surface area (Å²) in [6.45, 7) is 15.3. The van der Waals surface area contributed by atoms with E-state index in [9.17, 15) is 4.79 Å². The predicted octanol–water partition coefficient (Wildman–Crippen LogP) is 5.19. The molecule has 2 aromatic heterocycles. The van der Waals surface area contributed by atoms with Crippen molar-refractivity contribution < 1.29 is 9.53 Å². The third kappa shape index (κ3) is 4.74. The number of pyridine rings is 1. The maximum Gasteiger partial charge on any atom is 0.254 e. The summed E-state index contributed by atoms with van der Waals surface area (Å²) in [5, 5.41) is 3.14. The van der Waals surface area contributed by atoms with Crippen molar-refractivity contribution in [2.75, 3.05) is 39.6 Å². The quantitative estimate of drug-likeness (QED) is 0.386. The highest BCUT2D eigenvalue weighted by Crippen LogP contribution is 2.56. The highest BCUT2D eigenvalue weighted by molar-refractivity contribution is 5.99. The number of hydrogen-bond donors (Lipinski definition) is 1. The molecular formula is C30H37N7O2. The molecule has 1 amide bonds. The van der Waals surface area contributed by atoms with Crippen LogP contribution in [-0.2, 0) is 12.0 Å². The molecule has 204 valence electrons. The Bertz CT molecular complexity index is 1430. The van der Waals surface area contributed by atoms with E-state index in [4.69, 9.17) is 11.3 Å². The number of amides is 1. The van der Waals surface area contributed by atoms with Gasteiger partial charge in [0.25, 0.3) is 5.91 Å². The highest BCUT2D eigenvalue weighted by atomic mass is 16.5. The van der Waals surface area contributed by atoms with E-state index in [-0.39, 0.29) is 23.4 Å². The third-order valence-electron chi connectivity index (χ3n) is 8.28. The van der Waals surface area contributed by atoms with Crippen LogP contribution in [0.2, 0.25) is 0 Å². The van der Waals surface area contributed by atoms with E-state index in [1.54, 1.807) is 12.4 Å². The van der Waals surface area contributed by atoms with E-state index in [1.807, 2.05) is 38.1 Å². The van der Waals surface area contributed by atoms with Crippen molar-refractivity contribution in [3.05, 3.63) is 76.2 Å². The molecule has 9 heteroatoms. The molecule has 1 aliphatic carbocycles. The average Bonchev–Trinajstić information content (AvgIpc) is 3.56. The Balaban J connectivity index is 1.58. The lowest BCUT2D eigenvalue weighted by atomic mass is 9.79. The van der Waals surface area contributed by atoms with Gasteiger partial charge in [-0.3, -0.25) is 9.78 Å². The lowest BCUT2D eigenvalue weighted by molar-refractivity contribution is 0.0632. The maximum absolute atomic E-state index is 14.3. The van der Waals surface area contributed by atoms with Crippen LogP contribution in [0.1, 0.15) is 78.4 Å². The van der Waals surface area contributed by atoms with Gasteiger partial charge in [-0.1, -0.05) is 6.07 Å². The van der Waals surface area contributed by atoms with Crippen LogP contribution in [0.25, 0.3) is 4.85 Å². The minimum Gasteiger partial charge on any atom is -0.505 e. The SMILES string of the molecule is [C-]#[N+]c1cnc(C(C)N2CC3(CC3)c3c(cc(Cn4ccnc4NC)cc3C(C)N(C)C)C2=O)cc1OCC. The number of aromatic nitrogens is 3. The molecule has 1 spiro atoms. The number of carbonyl (C=O) groups excluding carboxylic acids is 1. The second kappa shape index (κ2) is 10.3. The summed E-state index contributed by atoms with van der Waals surface area (Å²) in [4.78, 5) is 31.0. The number of nitrogens with one attached hydrogen (secondary N) is 1. The first kappa shape index (κ1) is 26.7. The fraction of sp³-hybridized carbons (Fsp3) is 0.467. The standard InChI is InChI=1S/C30H37N7O2/c1-8-39-26-15-24(34-16-25(26)31-4)20(3)37-18-30(9-10-30)27-22(19(2)35(6)7)13-21(14-23(27)28(37)38)17-36-12-11-33-29(36)32-5/h11-16,19-20H,8-10,17-18H2,1-3,5-7H3,(H,32,33). The van der Waals surface area contributed by atoms with Crippen LogP contribution in [0.5, 0.6) is 5.75 Å². The summed E-state index contributed by atoms with van der Waals surface area (Å²) in [6, 6.07) is 6.09. The Kier molecular flexibility index (Phi) is 7.08. The second-order valence-corrected chi connectivity index (χ2v) is 10.9. The van der Waals surface area contributed by atoms with E-state index in [1.165, 1.54) is 11.1 Å². The number of benzene rings is 1. The van der Waals surface area contributed by atoms with Gasteiger partial charge in [-0.15, -0.1) is 0 Å². The van der Waals surface area contributed by atoms with Crippen molar-refractivity contribution in [3.8, 4) is 5.75 Å². The predicted molar refractivity (Wildman–Crippen MR) is 151 cm³/mol. The van der Waals surface area contributed by atoms with E-state index in [0.717, 1.165) is 35.6 Å². The fourth-order valence-electron chi connectivity index (χ4n) is 5.74. The van der Waals surface area contributed by atoms with Crippen molar-refractivity contribution in [1.29, 1.82) is 0 Å². The molecule has 2 atom stereocenters. The Morgan fingerprint density at radius 3 is 2.64 bits per heavy atom. The Morgan fingerprint density at radius 2 is 2.00 bits per heavy atom. The molecule has 1 aromatic carbocycles. The molecule has 3 heterocycles. The summed E-state index contributed by atoms with van der Waals surface area (Å²) in [7, 11) is 6.04. The first-order valence-electron chi connectivity index (χ1n) is 13.6. The van der Waals surface area contributed by atoms with Crippen LogP contribution in [0, 0.1) is 6.57 Å². The van der Waals surface area contributed by atoms with Gasteiger partial charge in [0.2, 0.25) is 11.6 Å². The van der Waals surface area contributed by atoms with Gasteiger partial charge in [0.1, 0.15) is 5.75 Å². The first-order valence-corrected chi connectivity index (χ1v) is 13.6. The Hall–Kier alpha value is -3.90. The number of anilines is 1. The number of fused-ring (bicyclic) bond motifs is 2. The minimum atomic E-state index is -0.259. The lowest BCUT2D eigenvalue weighted by Crippen LogP contribution is -2.45. The molecule has 0 radical (unpaired) electrons. The molecule has 39 heavy (non-hydrogen) atoms. The number of nitrogens with zero attached hydrogens (tertiary/aromatic N) is 6.